The predicted octanol–water partition coefficient (Wildman–Crippen LogP) is 4.78. The van der Waals surface area contributed by atoms with E-state index in [0.29, 0.717) is 0 Å². The van der Waals surface area contributed by atoms with Gasteiger partial charge in [0.2, 0.25) is 0 Å². The number of benzene rings is 3. The Morgan fingerprint density at radius 2 is 1.11 bits per heavy atom. The van der Waals surface area contributed by atoms with Gasteiger partial charge in [-0.05, 0) is 22.2 Å². The van der Waals surface area contributed by atoms with Crippen molar-refractivity contribution in [3.05, 3.63) is 79.1 Å². The van der Waals surface area contributed by atoms with Crippen LogP contribution in [0.3, 0.4) is 0 Å². The van der Waals surface area contributed by atoms with Crippen molar-refractivity contribution in [3.63, 3.8) is 0 Å². The third kappa shape index (κ3) is 1.63. The second-order valence-electron chi connectivity index (χ2n) is 4.79. The number of hydrogen-bond acceptors (Lipinski definition) is 0. The fourth-order valence-electron chi connectivity index (χ4n) is 2.66. The van der Waals surface area contributed by atoms with Gasteiger partial charge in [0.05, 0.1) is 5.69 Å². The molecule has 0 atom stereocenters. The summed E-state index contributed by atoms with van der Waals surface area (Å²) >= 11 is 0. The zero-order chi connectivity index (χ0) is 12.7. The molecule has 0 spiro atoms. The van der Waals surface area contributed by atoms with Crippen LogP contribution in [0, 0.1) is 0 Å². The van der Waals surface area contributed by atoms with Crippen molar-refractivity contribution in [2.24, 2.45) is 0 Å². The molecule has 1 aromatic heterocycles. The molecule has 0 amide bonds. The van der Waals surface area contributed by atoms with Gasteiger partial charge in [0.25, 0.3) is 0 Å². The van der Waals surface area contributed by atoms with Crippen LogP contribution in [0.1, 0.15) is 0 Å². The van der Waals surface area contributed by atoms with E-state index in [-0.39, 0.29) is 0 Å². The maximum Gasteiger partial charge on any atom is 0.0528 e. The summed E-state index contributed by atoms with van der Waals surface area (Å²) in [5.74, 6) is 0. The average molecular weight is 243 g/mol. The van der Waals surface area contributed by atoms with E-state index >= 15 is 0 Å². The van der Waals surface area contributed by atoms with Crippen molar-refractivity contribution in [3.8, 4) is 5.69 Å². The molecule has 0 aliphatic rings. The zero-order valence-electron chi connectivity index (χ0n) is 10.5. The standard InChI is InChI=1S/C18H13N/c1-2-8-16-13-19(12-15(16)7-1)18-11-5-9-14-6-3-4-10-17(14)18/h1-13H. The molecule has 0 aliphatic carbocycles. The maximum atomic E-state index is 2.22. The quantitative estimate of drug-likeness (QED) is 0.453. The predicted molar refractivity (Wildman–Crippen MR) is 80.8 cm³/mol. The van der Waals surface area contributed by atoms with Crippen LogP contribution in [0.2, 0.25) is 0 Å². The van der Waals surface area contributed by atoms with E-state index in [1.807, 2.05) is 0 Å². The van der Waals surface area contributed by atoms with Crippen molar-refractivity contribution in [2.75, 3.05) is 0 Å². The minimum Gasteiger partial charge on any atom is -0.322 e. The highest BCUT2D eigenvalue weighted by molar-refractivity contribution is 5.91. The molecule has 3 aromatic carbocycles. The molecule has 0 radical (unpaired) electrons. The molecule has 4 aromatic rings. The summed E-state index contributed by atoms with van der Waals surface area (Å²) in [4.78, 5) is 0. The largest absolute Gasteiger partial charge is 0.322 e. The monoisotopic (exact) mass is 243 g/mol. The van der Waals surface area contributed by atoms with E-state index in [4.69, 9.17) is 0 Å². The second-order valence-corrected chi connectivity index (χ2v) is 4.79. The van der Waals surface area contributed by atoms with Gasteiger partial charge < -0.3 is 4.57 Å². The molecule has 0 N–H and O–H groups in total. The van der Waals surface area contributed by atoms with E-state index < -0.39 is 0 Å². The second kappa shape index (κ2) is 3.99. The Kier molecular flexibility index (Phi) is 2.18. The first-order valence-corrected chi connectivity index (χ1v) is 6.47. The molecular formula is C18H13N. The normalized spacial score (nSPS) is 11.2. The highest BCUT2D eigenvalue weighted by Gasteiger charge is 2.03. The van der Waals surface area contributed by atoms with Crippen LogP contribution in [-0.2, 0) is 0 Å². The lowest BCUT2D eigenvalue weighted by Crippen LogP contribution is -1.90. The number of nitrogens with zero attached hydrogens (tertiary/aromatic N) is 1. The number of hydrogen-bond donors (Lipinski definition) is 0. The van der Waals surface area contributed by atoms with Crippen molar-refractivity contribution in [1.29, 1.82) is 0 Å². The summed E-state index contributed by atoms with van der Waals surface area (Å²) in [5.41, 5.74) is 1.23. The van der Waals surface area contributed by atoms with Crippen molar-refractivity contribution in [2.45, 2.75) is 0 Å². The van der Waals surface area contributed by atoms with Crippen molar-refractivity contribution < 1.29 is 0 Å². The van der Waals surface area contributed by atoms with E-state index in [1.165, 1.54) is 27.2 Å². The molecule has 0 unspecified atom stereocenters. The Balaban J connectivity index is 2.03. The molecule has 1 nitrogen and oxygen atoms in total. The summed E-state index contributed by atoms with van der Waals surface area (Å²) < 4.78 is 2.22. The van der Waals surface area contributed by atoms with Crippen LogP contribution < -0.4 is 0 Å². The highest BCUT2D eigenvalue weighted by Crippen LogP contribution is 2.25. The lowest BCUT2D eigenvalue weighted by Gasteiger charge is -2.07. The average Bonchev–Trinajstić information content (AvgIpc) is 2.90. The molecule has 19 heavy (non-hydrogen) atoms. The maximum absolute atomic E-state index is 2.22. The fraction of sp³-hybridized carbons (Fsp3) is 0. The lowest BCUT2D eigenvalue weighted by atomic mass is 10.1. The summed E-state index contributed by atoms with van der Waals surface area (Å²) in [6, 6.07) is 23.4. The molecule has 1 heterocycles. The van der Waals surface area contributed by atoms with Gasteiger partial charge in [-0.15, -0.1) is 0 Å². The van der Waals surface area contributed by atoms with Crippen LogP contribution in [-0.4, -0.2) is 4.57 Å². The fourth-order valence-corrected chi connectivity index (χ4v) is 2.66. The Hall–Kier alpha value is -2.54. The van der Waals surface area contributed by atoms with Crippen molar-refractivity contribution >= 4 is 21.5 Å². The van der Waals surface area contributed by atoms with E-state index in [0.717, 1.165) is 0 Å². The topological polar surface area (TPSA) is 4.93 Å². The molecule has 0 saturated carbocycles. The van der Waals surface area contributed by atoms with Crippen LogP contribution >= 0.6 is 0 Å². The summed E-state index contributed by atoms with van der Waals surface area (Å²) in [7, 11) is 0. The molecule has 0 bridgehead atoms. The molecule has 1 heteroatoms. The van der Waals surface area contributed by atoms with E-state index in [2.05, 4.69) is 83.7 Å². The van der Waals surface area contributed by atoms with Gasteiger partial charge in [-0.2, -0.15) is 0 Å². The van der Waals surface area contributed by atoms with Gasteiger partial charge in [0.1, 0.15) is 0 Å². The summed E-state index contributed by atoms with van der Waals surface area (Å²) in [6.45, 7) is 0. The summed E-state index contributed by atoms with van der Waals surface area (Å²) in [6.07, 6.45) is 4.38. The third-order valence-electron chi connectivity index (χ3n) is 3.60. The van der Waals surface area contributed by atoms with Gasteiger partial charge in [0, 0.05) is 17.8 Å². The minimum absolute atomic E-state index is 1.23. The number of aromatic nitrogens is 1. The molecular weight excluding hydrogens is 230 g/mol. The van der Waals surface area contributed by atoms with Gasteiger partial charge in [-0.3, -0.25) is 0 Å². The third-order valence-corrected chi connectivity index (χ3v) is 3.60. The molecule has 0 saturated heterocycles. The smallest absolute Gasteiger partial charge is 0.0528 e. The minimum atomic E-state index is 1.23. The van der Waals surface area contributed by atoms with Gasteiger partial charge in [-0.1, -0.05) is 60.7 Å². The Bertz CT molecular complexity index is 833. The molecule has 0 fully saturated rings. The molecule has 90 valence electrons. The molecule has 0 aliphatic heterocycles. The first kappa shape index (κ1) is 10.4. The number of rotatable bonds is 1. The first-order chi connectivity index (χ1) is 9.42. The van der Waals surface area contributed by atoms with Crippen LogP contribution in [0.15, 0.2) is 79.1 Å². The highest BCUT2D eigenvalue weighted by atomic mass is 14.9. The summed E-state index contributed by atoms with van der Waals surface area (Å²) in [5, 5.41) is 5.11. The van der Waals surface area contributed by atoms with Crippen LogP contribution in [0.5, 0.6) is 0 Å². The Morgan fingerprint density at radius 1 is 0.526 bits per heavy atom. The lowest BCUT2D eigenvalue weighted by molar-refractivity contribution is 1.10. The van der Waals surface area contributed by atoms with E-state index in [1.54, 1.807) is 0 Å². The van der Waals surface area contributed by atoms with Crippen LogP contribution in [0.4, 0.5) is 0 Å². The Labute approximate surface area is 111 Å². The van der Waals surface area contributed by atoms with Gasteiger partial charge >= 0.3 is 0 Å². The Morgan fingerprint density at radius 3 is 1.84 bits per heavy atom. The van der Waals surface area contributed by atoms with Crippen LogP contribution in [0.25, 0.3) is 27.2 Å². The van der Waals surface area contributed by atoms with Gasteiger partial charge in [0.15, 0.2) is 0 Å². The van der Waals surface area contributed by atoms with Gasteiger partial charge in [-0.25, -0.2) is 0 Å². The zero-order valence-corrected chi connectivity index (χ0v) is 10.5. The first-order valence-electron chi connectivity index (χ1n) is 6.47. The van der Waals surface area contributed by atoms with E-state index in [9.17, 15) is 0 Å². The van der Waals surface area contributed by atoms with Crippen molar-refractivity contribution in [1.82, 2.24) is 4.57 Å². The molecule has 4 rings (SSSR count). The SMILES string of the molecule is c1ccc2cn(-c3cccc4ccccc34)cc2c1. The number of fused-ring (bicyclic) bond motifs is 2.